The fourth-order valence-corrected chi connectivity index (χ4v) is 4.69. The molecule has 0 radical (unpaired) electrons. The van der Waals surface area contributed by atoms with Gasteiger partial charge in [-0.15, -0.1) is 0 Å². The number of alkyl halides is 1. The van der Waals surface area contributed by atoms with Crippen LogP contribution in [0.5, 0.6) is 0 Å². The summed E-state index contributed by atoms with van der Waals surface area (Å²) < 4.78 is 14.7. The van der Waals surface area contributed by atoms with Gasteiger partial charge in [0.1, 0.15) is 12.0 Å². The quantitative estimate of drug-likeness (QED) is 0.476. The molecule has 2 atom stereocenters. The molecule has 0 aliphatic carbocycles. The van der Waals surface area contributed by atoms with Gasteiger partial charge in [0.15, 0.2) is 0 Å². The number of hydrogen-bond acceptors (Lipinski definition) is 4. The summed E-state index contributed by atoms with van der Waals surface area (Å²) in [5.74, 6) is 0.740. The average Bonchev–Trinajstić information content (AvgIpc) is 3.17. The van der Waals surface area contributed by atoms with Crippen LogP contribution in [-0.2, 0) is 0 Å². The number of piperidine rings is 1. The highest BCUT2D eigenvalue weighted by molar-refractivity contribution is 5.91. The minimum absolute atomic E-state index is 0.259. The first-order valence-corrected chi connectivity index (χ1v) is 11.1. The molecule has 5 nitrogen and oxygen atoms in total. The van der Waals surface area contributed by atoms with Crippen LogP contribution < -0.4 is 10.6 Å². The number of benzene rings is 2. The van der Waals surface area contributed by atoms with Gasteiger partial charge < -0.3 is 15.6 Å². The van der Waals surface area contributed by atoms with Crippen LogP contribution in [0.15, 0.2) is 48.8 Å². The molecule has 3 heterocycles. The Bertz CT molecular complexity index is 1270. The van der Waals surface area contributed by atoms with Crippen molar-refractivity contribution in [3.05, 3.63) is 65.5 Å². The van der Waals surface area contributed by atoms with Gasteiger partial charge in [-0.05, 0) is 50.5 Å². The molecule has 1 saturated heterocycles. The first-order chi connectivity index (χ1) is 15.4. The third kappa shape index (κ3) is 3.75. The molecule has 3 N–H and O–H groups in total. The smallest absolute Gasteiger partial charge is 0.142 e. The summed E-state index contributed by atoms with van der Waals surface area (Å²) >= 11 is 0. The number of rotatable bonds is 3. The molecule has 4 aromatic rings. The van der Waals surface area contributed by atoms with Crippen molar-refractivity contribution in [3.63, 3.8) is 0 Å². The second-order valence-corrected chi connectivity index (χ2v) is 8.98. The van der Waals surface area contributed by atoms with Crippen molar-refractivity contribution in [2.45, 2.75) is 39.4 Å². The summed E-state index contributed by atoms with van der Waals surface area (Å²) in [7, 11) is 0. The molecule has 0 saturated carbocycles. The Labute approximate surface area is 187 Å². The van der Waals surface area contributed by atoms with Gasteiger partial charge in [-0.25, -0.2) is 9.37 Å². The van der Waals surface area contributed by atoms with Gasteiger partial charge in [0.25, 0.3) is 0 Å². The Kier molecular flexibility index (Phi) is 5.18. The van der Waals surface area contributed by atoms with E-state index in [0.29, 0.717) is 13.0 Å². The number of nitrogens with zero attached hydrogens (tertiary/aromatic N) is 3. The summed E-state index contributed by atoms with van der Waals surface area (Å²) in [6.07, 6.45) is 3.24. The normalized spacial score (nSPS) is 19.0. The molecule has 0 bridgehead atoms. The Morgan fingerprint density at radius 2 is 1.75 bits per heavy atom. The molecule has 32 heavy (non-hydrogen) atoms. The van der Waals surface area contributed by atoms with Crippen LogP contribution in [0.3, 0.4) is 0 Å². The first-order valence-electron chi connectivity index (χ1n) is 11.1. The van der Waals surface area contributed by atoms with Gasteiger partial charge in [0.2, 0.25) is 0 Å². The summed E-state index contributed by atoms with van der Waals surface area (Å²) in [4.78, 5) is 15.0. The standard InChI is InChI=1S/C26H28FN5/c1-15-4-5-23-24(11-15)31-26(30-23)20-13-29-12-19(18-9-16(2)8-17(3)10-18)25(20)32-7-6-22(28)21(27)14-32/h4-5,8-13,21-22H,6-7,14,28H2,1-3H3,(H,30,31)/t21-,22+/m1/s1. The monoisotopic (exact) mass is 429 g/mol. The lowest BCUT2D eigenvalue weighted by Gasteiger charge is -2.36. The van der Waals surface area contributed by atoms with E-state index in [2.05, 4.69) is 66.0 Å². The molecule has 1 aliphatic rings. The van der Waals surface area contributed by atoms with E-state index < -0.39 is 12.2 Å². The maximum Gasteiger partial charge on any atom is 0.142 e. The maximum atomic E-state index is 14.7. The predicted octanol–water partition coefficient (Wildman–Crippen LogP) is 5.09. The molecule has 0 unspecified atom stereocenters. The highest BCUT2D eigenvalue weighted by Gasteiger charge is 2.30. The molecule has 5 rings (SSSR count). The van der Waals surface area contributed by atoms with Gasteiger partial charge in [-0.2, -0.15) is 0 Å². The largest absolute Gasteiger partial charge is 0.367 e. The third-order valence-electron chi connectivity index (χ3n) is 6.25. The van der Waals surface area contributed by atoms with E-state index in [-0.39, 0.29) is 6.54 Å². The zero-order chi connectivity index (χ0) is 22.4. The summed E-state index contributed by atoms with van der Waals surface area (Å²) in [5, 5.41) is 0. The van der Waals surface area contributed by atoms with Gasteiger partial charge in [-0.1, -0.05) is 35.4 Å². The Hall–Kier alpha value is -3.25. The number of anilines is 1. The summed E-state index contributed by atoms with van der Waals surface area (Å²) in [6, 6.07) is 12.2. The Morgan fingerprint density at radius 3 is 2.50 bits per heavy atom. The van der Waals surface area contributed by atoms with Crippen LogP contribution in [0, 0.1) is 20.8 Å². The van der Waals surface area contributed by atoms with E-state index in [9.17, 15) is 4.39 Å². The number of hydrogen-bond donors (Lipinski definition) is 2. The second-order valence-electron chi connectivity index (χ2n) is 8.98. The molecular formula is C26H28FN5. The first kappa shape index (κ1) is 20.6. The van der Waals surface area contributed by atoms with Crippen molar-refractivity contribution in [1.29, 1.82) is 0 Å². The van der Waals surface area contributed by atoms with E-state index in [0.717, 1.165) is 39.2 Å². The molecule has 1 fully saturated rings. The zero-order valence-electron chi connectivity index (χ0n) is 18.7. The lowest BCUT2D eigenvalue weighted by Crippen LogP contribution is -2.49. The van der Waals surface area contributed by atoms with E-state index in [4.69, 9.17) is 10.7 Å². The average molecular weight is 430 g/mol. The molecule has 2 aromatic heterocycles. The van der Waals surface area contributed by atoms with Crippen molar-refractivity contribution >= 4 is 16.7 Å². The van der Waals surface area contributed by atoms with Crippen LogP contribution >= 0.6 is 0 Å². The van der Waals surface area contributed by atoms with Crippen LogP contribution in [0.4, 0.5) is 10.1 Å². The number of nitrogens with two attached hydrogens (primary N) is 1. The SMILES string of the molecule is Cc1cc(C)cc(-c2cncc(-c3nc4ccc(C)cc4[nH]3)c2N2CC[C@H](N)[C@H](F)C2)c1. The highest BCUT2D eigenvalue weighted by atomic mass is 19.1. The summed E-state index contributed by atoms with van der Waals surface area (Å²) in [6.45, 7) is 7.19. The van der Waals surface area contributed by atoms with Crippen LogP contribution in [-0.4, -0.2) is 40.3 Å². The van der Waals surface area contributed by atoms with Crippen molar-refractivity contribution in [3.8, 4) is 22.5 Å². The Balaban J connectivity index is 1.72. The van der Waals surface area contributed by atoms with E-state index >= 15 is 0 Å². The molecule has 164 valence electrons. The second kappa shape index (κ2) is 8.02. The van der Waals surface area contributed by atoms with E-state index in [1.165, 1.54) is 16.7 Å². The van der Waals surface area contributed by atoms with Gasteiger partial charge in [0, 0.05) is 30.5 Å². The topological polar surface area (TPSA) is 70.8 Å². The fourth-order valence-electron chi connectivity index (χ4n) is 4.69. The lowest BCUT2D eigenvalue weighted by molar-refractivity contribution is 0.251. The van der Waals surface area contributed by atoms with E-state index in [1.807, 2.05) is 18.5 Å². The zero-order valence-corrected chi connectivity index (χ0v) is 18.7. The van der Waals surface area contributed by atoms with E-state index in [1.54, 1.807) is 0 Å². The van der Waals surface area contributed by atoms with Crippen molar-refractivity contribution in [2.75, 3.05) is 18.0 Å². The van der Waals surface area contributed by atoms with Gasteiger partial charge >= 0.3 is 0 Å². The molecule has 1 aliphatic heterocycles. The highest BCUT2D eigenvalue weighted by Crippen LogP contribution is 2.40. The predicted molar refractivity (Wildman–Crippen MR) is 129 cm³/mol. The van der Waals surface area contributed by atoms with Crippen molar-refractivity contribution in [1.82, 2.24) is 15.0 Å². The van der Waals surface area contributed by atoms with Crippen LogP contribution in [0.25, 0.3) is 33.5 Å². The number of halogens is 1. The third-order valence-corrected chi connectivity index (χ3v) is 6.25. The van der Waals surface area contributed by atoms with Crippen LogP contribution in [0.1, 0.15) is 23.1 Å². The van der Waals surface area contributed by atoms with Crippen LogP contribution in [0.2, 0.25) is 0 Å². The fraction of sp³-hybridized carbons (Fsp3) is 0.308. The molecule has 6 heteroatoms. The number of nitrogens with one attached hydrogen (secondary N) is 1. The number of imidazole rings is 1. The Morgan fingerprint density at radius 1 is 1.00 bits per heavy atom. The molecule has 0 amide bonds. The lowest BCUT2D eigenvalue weighted by atomic mass is 9.96. The number of H-pyrrole nitrogens is 1. The van der Waals surface area contributed by atoms with Gasteiger partial charge in [-0.3, -0.25) is 4.98 Å². The van der Waals surface area contributed by atoms with Crippen molar-refractivity contribution < 1.29 is 4.39 Å². The number of aryl methyl sites for hydroxylation is 3. The maximum absolute atomic E-state index is 14.7. The minimum Gasteiger partial charge on any atom is -0.367 e. The van der Waals surface area contributed by atoms with Gasteiger partial charge in [0.05, 0.1) is 28.8 Å². The number of fused-ring (bicyclic) bond motifs is 1. The minimum atomic E-state index is -1.07. The molecule has 2 aromatic carbocycles. The molecule has 0 spiro atoms. The number of aromatic amines is 1. The number of aromatic nitrogens is 3. The summed E-state index contributed by atoms with van der Waals surface area (Å²) in [5.41, 5.74) is 15.3. The number of pyridine rings is 1. The molecular weight excluding hydrogens is 401 g/mol. The van der Waals surface area contributed by atoms with Crippen molar-refractivity contribution in [2.24, 2.45) is 5.73 Å².